The molecule has 0 N–H and O–H groups in total. The summed E-state index contributed by atoms with van der Waals surface area (Å²) in [6, 6.07) is 12.4. The van der Waals surface area contributed by atoms with Crippen molar-refractivity contribution in [1.29, 1.82) is 0 Å². The number of thioether (sulfide) groups is 1. The van der Waals surface area contributed by atoms with Gasteiger partial charge in [-0.15, -0.1) is 21.5 Å². The van der Waals surface area contributed by atoms with Crippen LogP contribution < -0.4 is 4.90 Å². The number of fused-ring (bicyclic) bond motifs is 1. The van der Waals surface area contributed by atoms with Gasteiger partial charge in [-0.1, -0.05) is 36.0 Å². The van der Waals surface area contributed by atoms with E-state index in [1.165, 1.54) is 17.3 Å². The van der Waals surface area contributed by atoms with E-state index < -0.39 is 0 Å². The van der Waals surface area contributed by atoms with Crippen molar-refractivity contribution < 1.29 is 4.79 Å². The van der Waals surface area contributed by atoms with Crippen LogP contribution in [0.2, 0.25) is 0 Å². The average molecular weight is 385 g/mol. The molecule has 7 heteroatoms. The molecule has 0 aliphatic carbocycles. The first kappa shape index (κ1) is 17.3. The molecule has 0 fully saturated rings. The monoisotopic (exact) mass is 384 g/mol. The summed E-state index contributed by atoms with van der Waals surface area (Å²) in [7, 11) is 0. The van der Waals surface area contributed by atoms with Crippen LogP contribution >= 0.6 is 23.1 Å². The Balaban J connectivity index is 1.51. The second kappa shape index (κ2) is 7.25. The van der Waals surface area contributed by atoms with Gasteiger partial charge in [0.25, 0.3) is 0 Å². The van der Waals surface area contributed by atoms with E-state index in [1.54, 1.807) is 11.3 Å². The van der Waals surface area contributed by atoms with Gasteiger partial charge in [0.1, 0.15) is 0 Å². The van der Waals surface area contributed by atoms with Gasteiger partial charge in [0, 0.05) is 18.3 Å². The molecule has 1 aromatic carbocycles. The molecule has 1 aliphatic rings. The lowest BCUT2D eigenvalue weighted by Crippen LogP contribution is -2.37. The van der Waals surface area contributed by atoms with Crippen LogP contribution in [0.4, 0.5) is 5.69 Å². The average Bonchev–Trinajstić information content (AvgIpc) is 3.36. The summed E-state index contributed by atoms with van der Waals surface area (Å²) in [4.78, 5) is 15.9. The van der Waals surface area contributed by atoms with E-state index in [2.05, 4.69) is 34.7 Å². The summed E-state index contributed by atoms with van der Waals surface area (Å²) in [5, 5.41) is 11.5. The van der Waals surface area contributed by atoms with E-state index in [-0.39, 0.29) is 11.9 Å². The SMILES string of the molecule is CCn1c(SCC(=O)N2c3ccccc3C[C@H]2C)nnc1-c1cccs1. The van der Waals surface area contributed by atoms with Crippen LogP contribution in [-0.2, 0) is 17.8 Å². The van der Waals surface area contributed by atoms with Gasteiger partial charge < -0.3 is 9.47 Å². The van der Waals surface area contributed by atoms with Crippen molar-refractivity contribution >= 4 is 34.7 Å². The third-order valence-electron chi connectivity index (χ3n) is 4.58. The zero-order valence-electron chi connectivity index (χ0n) is 14.8. The van der Waals surface area contributed by atoms with E-state index in [0.717, 1.165) is 34.5 Å². The zero-order valence-corrected chi connectivity index (χ0v) is 16.4. The first-order valence-electron chi connectivity index (χ1n) is 8.69. The Morgan fingerprint density at radius 3 is 2.88 bits per heavy atom. The standard InChI is InChI=1S/C19H20N4OS2/c1-3-22-18(16-9-6-10-25-16)20-21-19(22)26-12-17(24)23-13(2)11-14-7-4-5-8-15(14)23/h4-10,13H,3,11-12H2,1-2H3/t13-/m1/s1. The van der Waals surface area contributed by atoms with Crippen LogP contribution in [0.15, 0.2) is 46.9 Å². The summed E-state index contributed by atoms with van der Waals surface area (Å²) in [5.74, 6) is 1.36. The molecule has 0 unspecified atom stereocenters. The second-order valence-electron chi connectivity index (χ2n) is 6.26. The molecule has 0 saturated carbocycles. The number of amides is 1. The first-order chi connectivity index (χ1) is 12.7. The van der Waals surface area contributed by atoms with Crippen molar-refractivity contribution in [3.8, 4) is 10.7 Å². The maximum Gasteiger partial charge on any atom is 0.237 e. The van der Waals surface area contributed by atoms with E-state index in [9.17, 15) is 4.79 Å². The highest BCUT2D eigenvalue weighted by atomic mass is 32.2. The maximum absolute atomic E-state index is 12.9. The molecule has 0 radical (unpaired) electrons. The Hall–Kier alpha value is -2.12. The number of hydrogen-bond donors (Lipinski definition) is 0. The second-order valence-corrected chi connectivity index (χ2v) is 8.15. The zero-order chi connectivity index (χ0) is 18.1. The van der Waals surface area contributed by atoms with Gasteiger partial charge in [0.15, 0.2) is 11.0 Å². The fourth-order valence-electron chi connectivity index (χ4n) is 3.41. The number of hydrogen-bond acceptors (Lipinski definition) is 5. The Morgan fingerprint density at radius 1 is 1.27 bits per heavy atom. The predicted octanol–water partition coefficient (Wildman–Crippen LogP) is 4.10. The van der Waals surface area contributed by atoms with Crippen LogP contribution in [-0.4, -0.2) is 32.5 Å². The van der Waals surface area contributed by atoms with Gasteiger partial charge in [-0.25, -0.2) is 0 Å². The molecule has 0 saturated heterocycles. The Morgan fingerprint density at radius 2 is 2.12 bits per heavy atom. The van der Waals surface area contributed by atoms with E-state index in [4.69, 9.17) is 0 Å². The topological polar surface area (TPSA) is 51.0 Å². The van der Waals surface area contributed by atoms with Crippen molar-refractivity contribution in [2.24, 2.45) is 0 Å². The van der Waals surface area contributed by atoms with Gasteiger partial charge in [-0.3, -0.25) is 4.79 Å². The molecule has 4 rings (SSSR count). The van der Waals surface area contributed by atoms with Gasteiger partial charge in [-0.05, 0) is 43.3 Å². The van der Waals surface area contributed by atoms with Crippen LogP contribution in [0.25, 0.3) is 10.7 Å². The number of para-hydroxylation sites is 1. The van der Waals surface area contributed by atoms with Crippen molar-refractivity contribution in [1.82, 2.24) is 14.8 Å². The molecule has 26 heavy (non-hydrogen) atoms. The Kier molecular flexibility index (Phi) is 4.82. The lowest BCUT2D eigenvalue weighted by Gasteiger charge is -2.22. The Bertz CT molecular complexity index is 920. The summed E-state index contributed by atoms with van der Waals surface area (Å²) >= 11 is 3.11. The number of carbonyl (C=O) groups is 1. The minimum atomic E-state index is 0.121. The summed E-state index contributed by atoms with van der Waals surface area (Å²) in [6.45, 7) is 4.96. The molecule has 5 nitrogen and oxygen atoms in total. The van der Waals surface area contributed by atoms with E-state index in [1.807, 2.05) is 40.6 Å². The first-order valence-corrected chi connectivity index (χ1v) is 10.6. The van der Waals surface area contributed by atoms with Crippen molar-refractivity contribution in [2.45, 2.75) is 38.0 Å². The van der Waals surface area contributed by atoms with Crippen LogP contribution in [0, 0.1) is 0 Å². The molecule has 1 atom stereocenters. The normalized spacial score (nSPS) is 16.1. The van der Waals surface area contributed by atoms with Gasteiger partial charge in [0.2, 0.25) is 5.91 Å². The van der Waals surface area contributed by atoms with E-state index >= 15 is 0 Å². The molecule has 1 amide bonds. The highest BCUT2D eigenvalue weighted by molar-refractivity contribution is 7.99. The fraction of sp³-hybridized carbons (Fsp3) is 0.316. The van der Waals surface area contributed by atoms with Gasteiger partial charge >= 0.3 is 0 Å². The molecular formula is C19H20N4OS2. The van der Waals surface area contributed by atoms with Crippen LogP contribution in [0.3, 0.4) is 0 Å². The minimum absolute atomic E-state index is 0.121. The van der Waals surface area contributed by atoms with Crippen molar-refractivity contribution in [3.05, 3.63) is 47.3 Å². The third-order valence-corrected chi connectivity index (χ3v) is 6.39. The molecule has 134 valence electrons. The fourth-order valence-corrected chi connectivity index (χ4v) is 4.99. The van der Waals surface area contributed by atoms with Crippen molar-refractivity contribution in [3.63, 3.8) is 0 Å². The summed E-state index contributed by atoms with van der Waals surface area (Å²) in [5.41, 5.74) is 2.29. The molecular weight excluding hydrogens is 364 g/mol. The number of anilines is 1. The minimum Gasteiger partial charge on any atom is -0.308 e. The molecule has 3 aromatic rings. The lowest BCUT2D eigenvalue weighted by molar-refractivity contribution is -0.116. The molecule has 1 aliphatic heterocycles. The number of carbonyl (C=O) groups excluding carboxylic acids is 1. The predicted molar refractivity (Wildman–Crippen MR) is 107 cm³/mol. The maximum atomic E-state index is 12.9. The lowest BCUT2D eigenvalue weighted by atomic mass is 10.1. The number of aromatic nitrogens is 3. The molecule has 2 aromatic heterocycles. The quantitative estimate of drug-likeness (QED) is 0.622. The largest absolute Gasteiger partial charge is 0.308 e. The summed E-state index contributed by atoms with van der Waals surface area (Å²) in [6.07, 6.45) is 0.917. The number of rotatable bonds is 5. The number of thiophene rings is 1. The highest BCUT2D eigenvalue weighted by Crippen LogP contribution is 2.33. The number of nitrogens with zero attached hydrogens (tertiary/aromatic N) is 4. The Labute approximate surface area is 161 Å². The van der Waals surface area contributed by atoms with Gasteiger partial charge in [0.05, 0.1) is 10.6 Å². The van der Waals surface area contributed by atoms with Crippen molar-refractivity contribution in [2.75, 3.05) is 10.7 Å². The van der Waals surface area contributed by atoms with Gasteiger partial charge in [-0.2, -0.15) is 0 Å². The number of benzene rings is 1. The highest BCUT2D eigenvalue weighted by Gasteiger charge is 2.30. The molecule has 3 heterocycles. The third kappa shape index (κ3) is 3.05. The van der Waals surface area contributed by atoms with Crippen LogP contribution in [0.5, 0.6) is 0 Å². The van der Waals surface area contributed by atoms with Crippen LogP contribution in [0.1, 0.15) is 19.4 Å². The van der Waals surface area contributed by atoms with E-state index in [0.29, 0.717) is 5.75 Å². The molecule has 0 bridgehead atoms. The molecule has 0 spiro atoms. The summed E-state index contributed by atoms with van der Waals surface area (Å²) < 4.78 is 2.07. The smallest absolute Gasteiger partial charge is 0.237 e.